The Bertz CT molecular complexity index is 999. The quantitative estimate of drug-likeness (QED) is 0.0393. The number of allylic oxidation sites excluding steroid dienone is 14. The van der Waals surface area contributed by atoms with Crippen molar-refractivity contribution in [3.8, 4) is 0 Å². The molecule has 0 bridgehead atoms. The molecule has 0 spiro atoms. The molecule has 0 heterocycles. The van der Waals surface area contributed by atoms with E-state index in [4.69, 9.17) is 9.47 Å². The van der Waals surface area contributed by atoms with Gasteiger partial charge in [-0.1, -0.05) is 176 Å². The summed E-state index contributed by atoms with van der Waals surface area (Å²) in [6.07, 6.45) is 58.0. The smallest absolute Gasteiger partial charge is 0.306 e. The average Bonchev–Trinajstić information content (AvgIpc) is 3.15. The zero-order valence-electron chi connectivity index (χ0n) is 33.5. The number of aliphatic hydroxyl groups is 1. The lowest BCUT2D eigenvalue weighted by Crippen LogP contribution is -2.28. The van der Waals surface area contributed by atoms with E-state index >= 15 is 0 Å². The fraction of sp³-hybridized carbons (Fsp3) is 0.660. The van der Waals surface area contributed by atoms with Gasteiger partial charge in [-0.3, -0.25) is 9.59 Å². The molecule has 0 aromatic heterocycles. The number of unbranched alkanes of at least 4 members (excludes halogenated alkanes) is 15. The molecule has 52 heavy (non-hydrogen) atoms. The first-order chi connectivity index (χ1) is 25.6. The highest BCUT2D eigenvalue weighted by Crippen LogP contribution is 2.13. The molecule has 1 N–H and O–H groups in total. The van der Waals surface area contributed by atoms with Gasteiger partial charge in [-0.05, 0) is 77.0 Å². The van der Waals surface area contributed by atoms with E-state index in [2.05, 4.69) is 86.8 Å². The number of hydrogen-bond acceptors (Lipinski definition) is 5. The molecule has 0 aliphatic carbocycles. The number of ether oxygens (including phenoxy) is 2. The van der Waals surface area contributed by atoms with Crippen molar-refractivity contribution in [3.05, 3.63) is 85.1 Å². The first-order valence-corrected chi connectivity index (χ1v) is 21.1. The highest BCUT2D eigenvalue weighted by Gasteiger charge is 2.15. The second-order valence-corrected chi connectivity index (χ2v) is 13.7. The maximum absolute atomic E-state index is 12.2. The van der Waals surface area contributed by atoms with Crippen molar-refractivity contribution in [2.75, 3.05) is 13.2 Å². The van der Waals surface area contributed by atoms with Gasteiger partial charge in [-0.2, -0.15) is 0 Å². The van der Waals surface area contributed by atoms with E-state index in [1.165, 1.54) is 89.9 Å². The van der Waals surface area contributed by atoms with Crippen molar-refractivity contribution < 1.29 is 24.2 Å². The molecule has 1 atom stereocenters. The SMILES string of the molecule is CC/C=C\C/C=C\C/C=C\C/C=C\C/C=C\C/C=C\CCC(=O)O[C@@H](CO)COC(=O)CCCCCCCCCCC/C=C\CCCCCCCC. The average molecular weight is 723 g/mol. The molecule has 0 aromatic carbocycles. The minimum atomic E-state index is -0.817. The summed E-state index contributed by atoms with van der Waals surface area (Å²) in [5.74, 6) is -0.696. The molecule has 5 nitrogen and oxygen atoms in total. The lowest BCUT2D eigenvalue weighted by Gasteiger charge is -2.15. The van der Waals surface area contributed by atoms with Crippen LogP contribution in [0.3, 0.4) is 0 Å². The van der Waals surface area contributed by atoms with Gasteiger partial charge in [-0.15, -0.1) is 0 Å². The van der Waals surface area contributed by atoms with Gasteiger partial charge in [0, 0.05) is 12.8 Å². The lowest BCUT2D eigenvalue weighted by atomic mass is 10.1. The topological polar surface area (TPSA) is 72.8 Å². The van der Waals surface area contributed by atoms with Crippen molar-refractivity contribution in [3.63, 3.8) is 0 Å². The van der Waals surface area contributed by atoms with E-state index in [-0.39, 0.29) is 25.6 Å². The summed E-state index contributed by atoms with van der Waals surface area (Å²) in [6, 6.07) is 0. The summed E-state index contributed by atoms with van der Waals surface area (Å²) < 4.78 is 10.6. The van der Waals surface area contributed by atoms with Crippen molar-refractivity contribution >= 4 is 11.9 Å². The van der Waals surface area contributed by atoms with Gasteiger partial charge in [0.1, 0.15) is 6.61 Å². The Balaban J connectivity index is 3.68. The summed E-state index contributed by atoms with van der Waals surface area (Å²) in [4.78, 5) is 24.3. The second-order valence-electron chi connectivity index (χ2n) is 13.7. The van der Waals surface area contributed by atoms with Crippen LogP contribution in [0.4, 0.5) is 0 Å². The predicted octanol–water partition coefficient (Wildman–Crippen LogP) is 13.5. The highest BCUT2D eigenvalue weighted by atomic mass is 16.6. The van der Waals surface area contributed by atoms with Gasteiger partial charge in [0.2, 0.25) is 0 Å². The summed E-state index contributed by atoms with van der Waals surface area (Å²) in [5, 5.41) is 9.56. The molecular formula is C47H78O5. The monoisotopic (exact) mass is 723 g/mol. The van der Waals surface area contributed by atoms with Crippen LogP contribution in [0.25, 0.3) is 0 Å². The first-order valence-electron chi connectivity index (χ1n) is 21.1. The molecule has 5 heteroatoms. The van der Waals surface area contributed by atoms with E-state index < -0.39 is 12.1 Å². The molecule has 0 unspecified atom stereocenters. The molecule has 0 aliphatic heterocycles. The van der Waals surface area contributed by atoms with Crippen molar-refractivity contribution in [2.45, 2.75) is 187 Å². The van der Waals surface area contributed by atoms with Crippen molar-refractivity contribution in [2.24, 2.45) is 0 Å². The van der Waals surface area contributed by atoms with E-state index in [1.54, 1.807) is 0 Å². The molecule has 0 fully saturated rings. The molecule has 296 valence electrons. The van der Waals surface area contributed by atoms with Crippen LogP contribution in [0.2, 0.25) is 0 Å². The van der Waals surface area contributed by atoms with E-state index in [0.29, 0.717) is 12.8 Å². The standard InChI is InChI=1S/C47H78O5/c1-3-5-7-9-11-13-15-17-19-21-23-25-27-29-31-33-35-37-39-41-46(49)51-44-45(43-48)52-47(50)42-40-38-36-34-32-30-28-26-24-22-20-18-16-14-12-10-8-6-4-2/h6,8,12,14,17-20,24,26,30,32,36,38,45,48H,3-5,7,9-11,13,15-16,21-23,25,27-29,31,33-35,37,39-44H2,1-2H3/b8-6-,14-12-,19-17-,20-18-,26-24-,32-30-,38-36-/t45-/m0/s1. The number of esters is 2. The number of carbonyl (C=O) groups is 2. The van der Waals surface area contributed by atoms with Crippen LogP contribution in [0.1, 0.15) is 181 Å². The normalized spacial score (nSPS) is 13.1. The van der Waals surface area contributed by atoms with Gasteiger partial charge >= 0.3 is 11.9 Å². The third-order valence-electron chi connectivity index (χ3n) is 8.69. The van der Waals surface area contributed by atoms with Crippen LogP contribution in [0.5, 0.6) is 0 Å². The van der Waals surface area contributed by atoms with Gasteiger partial charge < -0.3 is 14.6 Å². The Morgan fingerprint density at radius 1 is 0.462 bits per heavy atom. The molecule has 0 aliphatic rings. The Kier molecular flexibility index (Phi) is 40.1. The summed E-state index contributed by atoms with van der Waals surface area (Å²) >= 11 is 0. The van der Waals surface area contributed by atoms with Crippen LogP contribution in [0, 0.1) is 0 Å². The number of aliphatic hydroxyl groups excluding tert-OH is 1. The zero-order chi connectivity index (χ0) is 37.8. The van der Waals surface area contributed by atoms with Crippen LogP contribution in [0.15, 0.2) is 85.1 Å². The van der Waals surface area contributed by atoms with Gasteiger partial charge in [0.05, 0.1) is 6.61 Å². The van der Waals surface area contributed by atoms with Crippen LogP contribution in [-0.4, -0.2) is 36.4 Å². The highest BCUT2D eigenvalue weighted by molar-refractivity contribution is 5.70. The van der Waals surface area contributed by atoms with Crippen LogP contribution < -0.4 is 0 Å². The fourth-order valence-electron chi connectivity index (χ4n) is 5.51. The Morgan fingerprint density at radius 3 is 1.33 bits per heavy atom. The Hall–Kier alpha value is -2.92. The van der Waals surface area contributed by atoms with Crippen LogP contribution >= 0.6 is 0 Å². The largest absolute Gasteiger partial charge is 0.462 e. The molecule has 0 saturated heterocycles. The Labute approximate surface area is 320 Å². The maximum atomic E-state index is 12.2. The predicted molar refractivity (Wildman–Crippen MR) is 223 cm³/mol. The molecule has 0 aromatic rings. The van der Waals surface area contributed by atoms with Gasteiger partial charge in [0.15, 0.2) is 6.10 Å². The molecular weight excluding hydrogens is 645 g/mol. The minimum absolute atomic E-state index is 0.101. The van der Waals surface area contributed by atoms with Crippen LogP contribution in [-0.2, 0) is 19.1 Å². The lowest BCUT2D eigenvalue weighted by molar-refractivity contribution is -0.161. The minimum Gasteiger partial charge on any atom is -0.462 e. The number of hydrogen-bond donors (Lipinski definition) is 1. The van der Waals surface area contributed by atoms with E-state index in [0.717, 1.165) is 57.8 Å². The molecule has 0 amide bonds. The Morgan fingerprint density at radius 2 is 0.865 bits per heavy atom. The second kappa shape index (κ2) is 42.5. The van der Waals surface area contributed by atoms with Gasteiger partial charge in [0.25, 0.3) is 0 Å². The molecule has 0 rings (SSSR count). The zero-order valence-corrected chi connectivity index (χ0v) is 33.5. The summed E-state index contributed by atoms with van der Waals surface area (Å²) in [5.41, 5.74) is 0. The fourth-order valence-corrected chi connectivity index (χ4v) is 5.51. The van der Waals surface area contributed by atoms with E-state index in [1.807, 2.05) is 12.2 Å². The van der Waals surface area contributed by atoms with Crippen molar-refractivity contribution in [1.29, 1.82) is 0 Å². The summed E-state index contributed by atoms with van der Waals surface area (Å²) in [7, 11) is 0. The summed E-state index contributed by atoms with van der Waals surface area (Å²) in [6.45, 7) is 3.95. The van der Waals surface area contributed by atoms with Gasteiger partial charge in [-0.25, -0.2) is 0 Å². The third kappa shape index (κ3) is 39.9. The first kappa shape index (κ1) is 49.1. The third-order valence-corrected chi connectivity index (χ3v) is 8.69. The van der Waals surface area contributed by atoms with Crippen molar-refractivity contribution in [1.82, 2.24) is 0 Å². The molecule has 0 saturated carbocycles. The number of rotatable bonds is 37. The maximum Gasteiger partial charge on any atom is 0.306 e. The molecule has 0 radical (unpaired) electrons. The number of carbonyl (C=O) groups excluding carboxylic acids is 2. The van der Waals surface area contributed by atoms with E-state index in [9.17, 15) is 14.7 Å².